The second-order valence-corrected chi connectivity index (χ2v) is 4.78. The molecule has 0 bridgehead atoms. The van der Waals surface area contributed by atoms with Crippen LogP contribution < -0.4 is 5.32 Å². The topological polar surface area (TPSA) is 90.3 Å². The van der Waals surface area contributed by atoms with E-state index < -0.39 is 0 Å². The molecule has 0 fully saturated rings. The van der Waals surface area contributed by atoms with Crippen LogP contribution in [0.1, 0.15) is 12.7 Å². The molecule has 2 rings (SSSR count). The van der Waals surface area contributed by atoms with Crippen LogP contribution in [0, 0.1) is 11.3 Å². The van der Waals surface area contributed by atoms with Crippen LogP contribution in [0.3, 0.4) is 0 Å². The number of thioether (sulfide) groups is 1. The van der Waals surface area contributed by atoms with Crippen LogP contribution in [0.4, 0.5) is 5.69 Å². The largest absolute Gasteiger partial charge is 0.359 e. The van der Waals surface area contributed by atoms with Crippen molar-refractivity contribution in [1.82, 2.24) is 20.6 Å². The summed E-state index contributed by atoms with van der Waals surface area (Å²) < 4.78 is 0. The quantitative estimate of drug-likeness (QED) is 0.641. The number of nitriles is 1. The third-order valence-corrected chi connectivity index (χ3v) is 3.22. The minimum absolute atomic E-state index is 0.274. The van der Waals surface area contributed by atoms with E-state index in [2.05, 4.69) is 32.9 Å². The van der Waals surface area contributed by atoms with Gasteiger partial charge < -0.3 is 5.32 Å². The van der Waals surface area contributed by atoms with E-state index in [0.717, 1.165) is 16.3 Å². The fourth-order valence-corrected chi connectivity index (χ4v) is 2.21. The average Bonchev–Trinajstić information content (AvgIpc) is 2.96. The lowest BCUT2D eigenvalue weighted by Crippen LogP contribution is -1.94. The summed E-state index contributed by atoms with van der Waals surface area (Å²) in [5, 5.41) is 25.5. The Bertz CT molecular complexity index is 599. The van der Waals surface area contributed by atoms with Gasteiger partial charge >= 0.3 is 0 Å². The van der Waals surface area contributed by atoms with Crippen molar-refractivity contribution < 1.29 is 0 Å². The zero-order chi connectivity index (χ0) is 13.5. The molecule has 0 atom stereocenters. The molecule has 0 aliphatic carbocycles. The number of nitrogens with one attached hydrogen (secondary N) is 2. The first kappa shape index (κ1) is 13.1. The Morgan fingerprint density at radius 1 is 1.53 bits per heavy atom. The maximum Gasteiger partial charge on any atom is 0.216 e. The van der Waals surface area contributed by atoms with Crippen molar-refractivity contribution in [3.63, 3.8) is 0 Å². The molecule has 0 spiro atoms. The Balaban J connectivity index is 2.20. The molecule has 2 N–H and O–H groups in total. The number of nitrogens with zero attached hydrogens (tertiary/aromatic N) is 4. The van der Waals surface area contributed by atoms with Crippen LogP contribution >= 0.6 is 11.8 Å². The molecule has 1 aromatic heterocycles. The Kier molecular flexibility index (Phi) is 4.53. The highest BCUT2D eigenvalue weighted by Crippen LogP contribution is 2.26. The highest BCUT2D eigenvalue weighted by atomic mass is 32.2. The summed E-state index contributed by atoms with van der Waals surface area (Å²) in [6.45, 7) is 2.09. The van der Waals surface area contributed by atoms with Crippen LogP contribution in [0.5, 0.6) is 0 Å². The molecule has 0 unspecified atom stereocenters. The lowest BCUT2D eigenvalue weighted by molar-refractivity contribution is 0.881. The van der Waals surface area contributed by atoms with E-state index in [9.17, 15) is 0 Å². The molecule has 7 heteroatoms. The number of anilines is 1. The first-order chi connectivity index (χ1) is 9.35. The van der Waals surface area contributed by atoms with Gasteiger partial charge in [0.05, 0.1) is 5.69 Å². The van der Waals surface area contributed by atoms with Crippen molar-refractivity contribution in [2.45, 2.75) is 11.8 Å². The predicted molar refractivity (Wildman–Crippen MR) is 74.2 cm³/mol. The molecule has 0 saturated heterocycles. The van der Waals surface area contributed by atoms with E-state index in [1.165, 1.54) is 0 Å². The first-order valence-electron chi connectivity index (χ1n) is 5.67. The van der Waals surface area contributed by atoms with E-state index in [0.29, 0.717) is 5.57 Å². The first-order valence-corrected chi connectivity index (χ1v) is 6.66. The van der Waals surface area contributed by atoms with Gasteiger partial charge in [-0.3, -0.25) is 0 Å². The Morgan fingerprint density at radius 2 is 2.37 bits per heavy atom. The third kappa shape index (κ3) is 3.33. The molecule has 0 saturated carbocycles. The van der Waals surface area contributed by atoms with Crippen LogP contribution in [0.25, 0.3) is 5.57 Å². The number of H-pyrrole nitrogens is 1. The predicted octanol–water partition coefficient (Wildman–Crippen LogP) is 2.29. The smallest absolute Gasteiger partial charge is 0.216 e. The van der Waals surface area contributed by atoms with Gasteiger partial charge in [-0.15, -0.1) is 22.0 Å². The summed E-state index contributed by atoms with van der Waals surface area (Å²) in [4.78, 5) is 1.13. The molecule has 0 amide bonds. The number of para-hydroxylation sites is 1. The molecular formula is C12H12N6S. The number of rotatable bonds is 5. The monoisotopic (exact) mass is 272 g/mol. The van der Waals surface area contributed by atoms with Crippen molar-refractivity contribution in [2.24, 2.45) is 0 Å². The van der Waals surface area contributed by atoms with E-state index >= 15 is 0 Å². The summed E-state index contributed by atoms with van der Waals surface area (Å²) in [6.07, 6.45) is 1.58. The maximum absolute atomic E-state index is 9.06. The zero-order valence-corrected chi connectivity index (χ0v) is 11.1. The van der Waals surface area contributed by atoms with Crippen LogP contribution in [0.15, 0.2) is 35.4 Å². The second kappa shape index (κ2) is 6.56. The maximum atomic E-state index is 9.06. The van der Waals surface area contributed by atoms with Crippen LogP contribution in [-0.2, 0) is 0 Å². The second-order valence-electron chi connectivity index (χ2n) is 3.48. The SMILES string of the molecule is CCSc1ccccc1NC=C(C#N)c1nn[nH]n1. The van der Waals surface area contributed by atoms with E-state index in [-0.39, 0.29) is 5.82 Å². The number of tetrazole rings is 1. The normalized spacial score (nSPS) is 11.1. The number of benzene rings is 1. The van der Waals surface area contributed by atoms with E-state index in [1.54, 1.807) is 18.0 Å². The molecule has 6 nitrogen and oxygen atoms in total. The lowest BCUT2D eigenvalue weighted by Gasteiger charge is -2.07. The minimum atomic E-state index is 0.274. The van der Waals surface area contributed by atoms with Crippen molar-refractivity contribution in [2.75, 3.05) is 11.1 Å². The fraction of sp³-hybridized carbons (Fsp3) is 0.167. The van der Waals surface area contributed by atoms with Gasteiger partial charge in [0, 0.05) is 11.1 Å². The minimum Gasteiger partial charge on any atom is -0.359 e. The van der Waals surface area contributed by atoms with Gasteiger partial charge in [-0.1, -0.05) is 19.1 Å². The highest BCUT2D eigenvalue weighted by molar-refractivity contribution is 7.99. The fourth-order valence-electron chi connectivity index (χ4n) is 1.44. The standard InChI is InChI=1S/C12H12N6S/c1-2-19-11-6-4-3-5-10(11)14-8-9(7-13)12-15-17-18-16-12/h3-6,8,14H,2H2,1H3,(H,15,16,17,18). The van der Waals surface area contributed by atoms with Gasteiger partial charge in [0.1, 0.15) is 11.6 Å². The Morgan fingerprint density at radius 3 is 3.05 bits per heavy atom. The van der Waals surface area contributed by atoms with Crippen LogP contribution in [0.2, 0.25) is 0 Å². The summed E-state index contributed by atoms with van der Waals surface area (Å²) in [7, 11) is 0. The summed E-state index contributed by atoms with van der Waals surface area (Å²) >= 11 is 1.73. The zero-order valence-electron chi connectivity index (χ0n) is 10.3. The van der Waals surface area contributed by atoms with Gasteiger partial charge in [-0.05, 0) is 23.1 Å². The molecule has 0 aliphatic rings. The number of aromatic amines is 1. The molecule has 0 aliphatic heterocycles. The molecule has 1 aromatic carbocycles. The van der Waals surface area contributed by atoms with Gasteiger partial charge in [0.15, 0.2) is 0 Å². The average molecular weight is 272 g/mol. The Hall–Kier alpha value is -2.33. The number of allylic oxidation sites excluding steroid dienone is 1. The molecule has 1 heterocycles. The number of aromatic nitrogens is 4. The van der Waals surface area contributed by atoms with Crippen molar-refractivity contribution in [3.05, 3.63) is 36.3 Å². The summed E-state index contributed by atoms with van der Waals surface area (Å²) in [6, 6.07) is 9.95. The van der Waals surface area contributed by atoms with E-state index in [4.69, 9.17) is 5.26 Å². The van der Waals surface area contributed by atoms with Crippen molar-refractivity contribution >= 4 is 23.0 Å². The lowest BCUT2D eigenvalue weighted by atomic mass is 10.3. The molecular weight excluding hydrogens is 260 g/mol. The van der Waals surface area contributed by atoms with Gasteiger partial charge in [0.2, 0.25) is 5.82 Å². The van der Waals surface area contributed by atoms with Crippen molar-refractivity contribution in [1.29, 1.82) is 5.26 Å². The van der Waals surface area contributed by atoms with Crippen LogP contribution in [-0.4, -0.2) is 26.4 Å². The molecule has 2 aromatic rings. The number of hydrogen-bond donors (Lipinski definition) is 2. The number of hydrogen-bond acceptors (Lipinski definition) is 6. The van der Waals surface area contributed by atoms with Gasteiger partial charge in [0.25, 0.3) is 0 Å². The van der Waals surface area contributed by atoms with Gasteiger partial charge in [-0.25, -0.2) is 0 Å². The molecule has 19 heavy (non-hydrogen) atoms. The molecule has 0 radical (unpaired) electrons. The summed E-state index contributed by atoms with van der Waals surface area (Å²) in [5.41, 5.74) is 1.27. The van der Waals surface area contributed by atoms with E-state index in [1.807, 2.05) is 30.3 Å². The van der Waals surface area contributed by atoms with Gasteiger partial charge in [-0.2, -0.15) is 10.5 Å². The third-order valence-electron chi connectivity index (χ3n) is 2.27. The van der Waals surface area contributed by atoms with Crippen molar-refractivity contribution in [3.8, 4) is 6.07 Å². The molecule has 96 valence electrons. The Labute approximate surface area is 114 Å². The summed E-state index contributed by atoms with van der Waals surface area (Å²) in [5.74, 6) is 1.26. The highest BCUT2D eigenvalue weighted by Gasteiger charge is 2.06.